The summed E-state index contributed by atoms with van der Waals surface area (Å²) in [7, 11) is 3.73. The number of nitrogens with one attached hydrogen (secondary N) is 1. The molecular weight excluding hydrogens is 280 g/mol. The summed E-state index contributed by atoms with van der Waals surface area (Å²) < 4.78 is 6.26. The Balaban J connectivity index is 1.97. The normalized spacial score (nSPS) is 20.8. The van der Waals surface area contributed by atoms with Crippen molar-refractivity contribution in [3.05, 3.63) is 28.2 Å². The van der Waals surface area contributed by atoms with Crippen molar-refractivity contribution in [1.29, 1.82) is 0 Å². The van der Waals surface area contributed by atoms with Gasteiger partial charge in [-0.1, -0.05) is 6.07 Å². The zero-order valence-corrected chi connectivity index (χ0v) is 12.0. The molecule has 94 valence electrons. The molecule has 0 aromatic heterocycles. The van der Waals surface area contributed by atoms with E-state index in [2.05, 4.69) is 38.3 Å². The summed E-state index contributed by atoms with van der Waals surface area (Å²) in [6.45, 7) is 3.33. The molecule has 1 N–H and O–H groups in total. The molecule has 0 saturated carbocycles. The van der Waals surface area contributed by atoms with Crippen molar-refractivity contribution >= 4 is 15.9 Å². The molecule has 17 heavy (non-hydrogen) atoms. The average Bonchev–Trinajstić information content (AvgIpc) is 2.77. The molecule has 1 aromatic carbocycles. The topological polar surface area (TPSA) is 24.5 Å². The maximum absolute atomic E-state index is 5.23. The molecular formula is C13H19BrN2O. The molecule has 1 aliphatic heterocycles. The second kappa shape index (κ2) is 5.85. The second-order valence-corrected chi connectivity index (χ2v) is 5.33. The molecule has 0 amide bonds. The van der Waals surface area contributed by atoms with E-state index in [1.807, 2.05) is 13.1 Å². The van der Waals surface area contributed by atoms with Gasteiger partial charge in [0, 0.05) is 25.7 Å². The number of methoxy groups -OCH3 is 1. The highest BCUT2D eigenvalue weighted by atomic mass is 79.9. The third-order valence-corrected chi connectivity index (χ3v) is 3.92. The lowest BCUT2D eigenvalue weighted by molar-refractivity contribution is 0.322. The Kier molecular flexibility index (Phi) is 4.42. The first-order valence-corrected chi connectivity index (χ1v) is 6.74. The number of halogens is 1. The molecule has 3 nitrogen and oxygen atoms in total. The molecule has 1 aliphatic rings. The maximum Gasteiger partial charge on any atom is 0.133 e. The Bertz CT molecular complexity index is 384. The number of benzene rings is 1. The molecule has 1 heterocycles. The molecule has 0 aliphatic carbocycles. The first-order valence-electron chi connectivity index (χ1n) is 5.95. The van der Waals surface area contributed by atoms with Crippen LogP contribution in [0.15, 0.2) is 22.7 Å². The van der Waals surface area contributed by atoms with Crippen LogP contribution in [0.4, 0.5) is 0 Å². The molecule has 1 aromatic rings. The van der Waals surface area contributed by atoms with Crippen LogP contribution in [-0.4, -0.2) is 38.2 Å². The second-order valence-electron chi connectivity index (χ2n) is 4.48. The van der Waals surface area contributed by atoms with Gasteiger partial charge in [-0.05, 0) is 47.1 Å². The Morgan fingerprint density at radius 1 is 1.53 bits per heavy atom. The van der Waals surface area contributed by atoms with Gasteiger partial charge >= 0.3 is 0 Å². The summed E-state index contributed by atoms with van der Waals surface area (Å²) in [5, 5.41) is 3.34. The number of hydrogen-bond acceptors (Lipinski definition) is 3. The van der Waals surface area contributed by atoms with E-state index in [1.165, 1.54) is 18.5 Å². The van der Waals surface area contributed by atoms with Crippen LogP contribution in [0.25, 0.3) is 0 Å². The predicted octanol–water partition coefficient (Wildman–Crippen LogP) is 2.25. The molecule has 1 fully saturated rings. The summed E-state index contributed by atoms with van der Waals surface area (Å²) in [6.07, 6.45) is 1.24. The van der Waals surface area contributed by atoms with Crippen molar-refractivity contribution in [1.82, 2.24) is 10.2 Å². The lowest BCUT2D eigenvalue weighted by Crippen LogP contribution is -2.29. The van der Waals surface area contributed by atoms with Gasteiger partial charge in [-0.2, -0.15) is 0 Å². The Morgan fingerprint density at radius 2 is 2.35 bits per heavy atom. The molecule has 2 rings (SSSR count). The highest BCUT2D eigenvalue weighted by Crippen LogP contribution is 2.26. The highest BCUT2D eigenvalue weighted by molar-refractivity contribution is 9.10. The number of likely N-dealkylation sites (tertiary alicyclic amines) is 1. The molecule has 1 atom stereocenters. The van der Waals surface area contributed by atoms with Crippen molar-refractivity contribution in [2.45, 2.75) is 19.0 Å². The van der Waals surface area contributed by atoms with Gasteiger partial charge in [0.15, 0.2) is 0 Å². The van der Waals surface area contributed by atoms with E-state index < -0.39 is 0 Å². The zero-order chi connectivity index (χ0) is 12.3. The van der Waals surface area contributed by atoms with Crippen LogP contribution < -0.4 is 10.1 Å². The fraction of sp³-hybridized carbons (Fsp3) is 0.538. The fourth-order valence-electron chi connectivity index (χ4n) is 2.28. The molecule has 4 heteroatoms. The predicted molar refractivity (Wildman–Crippen MR) is 73.4 cm³/mol. The number of hydrogen-bond donors (Lipinski definition) is 1. The third-order valence-electron chi connectivity index (χ3n) is 3.30. The van der Waals surface area contributed by atoms with E-state index in [0.717, 1.165) is 23.3 Å². The van der Waals surface area contributed by atoms with Gasteiger partial charge in [0.1, 0.15) is 5.75 Å². The van der Waals surface area contributed by atoms with E-state index in [1.54, 1.807) is 7.11 Å². The van der Waals surface area contributed by atoms with Gasteiger partial charge < -0.3 is 10.1 Å². The zero-order valence-electron chi connectivity index (χ0n) is 10.4. The van der Waals surface area contributed by atoms with Gasteiger partial charge in [-0.15, -0.1) is 0 Å². The Hall–Kier alpha value is -0.580. The van der Waals surface area contributed by atoms with Crippen molar-refractivity contribution in [2.75, 3.05) is 27.2 Å². The van der Waals surface area contributed by atoms with Crippen LogP contribution in [0.2, 0.25) is 0 Å². The summed E-state index contributed by atoms with van der Waals surface area (Å²) in [5.74, 6) is 0.892. The number of ether oxygens (including phenoxy) is 1. The third kappa shape index (κ3) is 3.21. The van der Waals surface area contributed by atoms with Gasteiger partial charge in [0.05, 0.1) is 11.6 Å². The lowest BCUT2D eigenvalue weighted by Gasteiger charge is -2.16. The molecule has 1 unspecified atom stereocenters. The highest BCUT2D eigenvalue weighted by Gasteiger charge is 2.20. The standard InChI is InChI=1S/C13H19BrN2O/c1-15-11-5-6-16(9-11)8-10-3-4-13(17-2)12(14)7-10/h3-4,7,11,15H,5-6,8-9H2,1-2H3. The average molecular weight is 299 g/mol. The van der Waals surface area contributed by atoms with Gasteiger partial charge in [0.25, 0.3) is 0 Å². The lowest BCUT2D eigenvalue weighted by atomic mass is 10.2. The van der Waals surface area contributed by atoms with Gasteiger partial charge in [-0.25, -0.2) is 0 Å². The number of rotatable bonds is 4. The van der Waals surface area contributed by atoms with Crippen LogP contribution in [0.3, 0.4) is 0 Å². The SMILES string of the molecule is CNC1CCN(Cc2ccc(OC)c(Br)c2)C1. The van der Waals surface area contributed by atoms with E-state index in [4.69, 9.17) is 4.74 Å². The summed E-state index contributed by atoms with van der Waals surface area (Å²) >= 11 is 3.53. The van der Waals surface area contributed by atoms with Crippen molar-refractivity contribution < 1.29 is 4.74 Å². The Labute approximate surface area is 111 Å². The minimum atomic E-state index is 0.650. The van der Waals surface area contributed by atoms with Crippen LogP contribution in [0, 0.1) is 0 Å². The largest absolute Gasteiger partial charge is 0.496 e. The van der Waals surface area contributed by atoms with E-state index in [-0.39, 0.29) is 0 Å². The number of likely N-dealkylation sites (N-methyl/N-ethyl adjacent to an activating group) is 1. The molecule has 1 saturated heterocycles. The summed E-state index contributed by atoms with van der Waals surface area (Å²) in [6, 6.07) is 6.95. The van der Waals surface area contributed by atoms with Crippen molar-refractivity contribution in [3.63, 3.8) is 0 Å². The molecule has 0 spiro atoms. The maximum atomic E-state index is 5.23. The minimum Gasteiger partial charge on any atom is -0.496 e. The monoisotopic (exact) mass is 298 g/mol. The van der Waals surface area contributed by atoms with Crippen molar-refractivity contribution in [3.8, 4) is 5.75 Å². The van der Waals surface area contributed by atoms with E-state index >= 15 is 0 Å². The minimum absolute atomic E-state index is 0.650. The smallest absolute Gasteiger partial charge is 0.133 e. The van der Waals surface area contributed by atoms with Crippen LogP contribution in [0.1, 0.15) is 12.0 Å². The molecule has 0 radical (unpaired) electrons. The first-order chi connectivity index (χ1) is 8.22. The summed E-state index contributed by atoms with van der Waals surface area (Å²) in [4.78, 5) is 2.48. The number of nitrogens with zero attached hydrogens (tertiary/aromatic N) is 1. The molecule has 0 bridgehead atoms. The van der Waals surface area contributed by atoms with Gasteiger partial charge in [-0.3, -0.25) is 4.90 Å². The van der Waals surface area contributed by atoms with Crippen LogP contribution in [0.5, 0.6) is 5.75 Å². The fourth-order valence-corrected chi connectivity index (χ4v) is 2.87. The van der Waals surface area contributed by atoms with E-state index in [9.17, 15) is 0 Å². The van der Waals surface area contributed by atoms with Gasteiger partial charge in [0.2, 0.25) is 0 Å². The first kappa shape index (κ1) is 12.9. The Morgan fingerprint density at radius 3 is 2.94 bits per heavy atom. The quantitative estimate of drug-likeness (QED) is 0.923. The summed E-state index contributed by atoms with van der Waals surface area (Å²) in [5.41, 5.74) is 1.33. The van der Waals surface area contributed by atoms with Crippen LogP contribution >= 0.6 is 15.9 Å². The van der Waals surface area contributed by atoms with Crippen LogP contribution in [-0.2, 0) is 6.54 Å². The van der Waals surface area contributed by atoms with Crippen molar-refractivity contribution in [2.24, 2.45) is 0 Å². The van der Waals surface area contributed by atoms with E-state index in [0.29, 0.717) is 6.04 Å².